The molecule has 1 rings (SSSR count). The topological polar surface area (TPSA) is 0 Å². The molecule has 1 aliphatic rings. The summed E-state index contributed by atoms with van der Waals surface area (Å²) in [6.45, 7) is 4.65. The maximum absolute atomic E-state index is 2.42. The van der Waals surface area contributed by atoms with Gasteiger partial charge < -0.3 is 6.42 Å². The van der Waals surface area contributed by atoms with Crippen molar-refractivity contribution in [3.8, 4) is 0 Å². The Morgan fingerprint density at radius 2 is 2.11 bits per heavy atom. The minimum atomic E-state index is 0. The molecule has 0 aliphatic heterocycles. The summed E-state index contributed by atoms with van der Waals surface area (Å²) in [5.74, 6) is 1.92. The van der Waals surface area contributed by atoms with Gasteiger partial charge in [0.15, 0.2) is 0 Å². The minimum Gasteiger partial charge on any atom is -0.328 e. The van der Waals surface area contributed by atoms with Crippen LogP contribution in [0, 0.1) is 18.3 Å². The van der Waals surface area contributed by atoms with Crippen molar-refractivity contribution in [1.29, 1.82) is 0 Å². The number of hydrogen-bond donors (Lipinski definition) is 0. The zero-order valence-corrected chi connectivity index (χ0v) is 9.27. The largest absolute Gasteiger partial charge is 0.328 e. The maximum atomic E-state index is 2.42. The van der Waals surface area contributed by atoms with Gasteiger partial charge >= 0.3 is 0 Å². The third-order valence-electron chi connectivity index (χ3n) is 2.15. The first-order valence-corrected chi connectivity index (χ1v) is 3.62. The predicted molar refractivity (Wildman–Crippen MR) is 36.5 cm³/mol. The summed E-state index contributed by atoms with van der Waals surface area (Å²) >= 11 is 0. The molecule has 9 heavy (non-hydrogen) atoms. The Bertz CT molecular complexity index is 63.0. The molecule has 0 aromatic heterocycles. The van der Waals surface area contributed by atoms with E-state index in [2.05, 4.69) is 20.3 Å². The Hall–Kier alpha value is 1.10. The van der Waals surface area contributed by atoms with Gasteiger partial charge in [-0.1, -0.05) is 26.2 Å². The molecule has 0 bridgehead atoms. The van der Waals surface area contributed by atoms with E-state index in [1.165, 1.54) is 19.3 Å². The molecule has 1 atom stereocenters. The van der Waals surface area contributed by atoms with Crippen molar-refractivity contribution in [1.82, 2.24) is 0 Å². The normalized spacial score (nSPS) is 26.3. The summed E-state index contributed by atoms with van der Waals surface area (Å²) in [6.07, 6.45) is 6.60. The number of rotatable bonds is 1. The first kappa shape index (κ1) is 10.1. The fourth-order valence-electron chi connectivity index (χ4n) is 1.39. The van der Waals surface area contributed by atoms with Crippen LogP contribution in [0.5, 0.6) is 0 Å². The van der Waals surface area contributed by atoms with E-state index in [4.69, 9.17) is 0 Å². The summed E-state index contributed by atoms with van der Waals surface area (Å²) in [7, 11) is 0. The standard InChI is InChI=1S/C8H15.Y/c1-7(2)8-5-3-4-6-8;/h3,7-8H,4-6H2,1-2H3;/q-1;. The molecule has 1 fully saturated rings. The van der Waals surface area contributed by atoms with Crippen molar-refractivity contribution < 1.29 is 32.7 Å². The van der Waals surface area contributed by atoms with Crippen molar-refractivity contribution >= 4 is 0 Å². The monoisotopic (exact) mass is 200 g/mol. The fourth-order valence-corrected chi connectivity index (χ4v) is 1.39. The van der Waals surface area contributed by atoms with Gasteiger partial charge in [-0.15, -0.1) is 0 Å². The molecule has 0 saturated heterocycles. The summed E-state index contributed by atoms with van der Waals surface area (Å²) in [6, 6.07) is 0. The van der Waals surface area contributed by atoms with Gasteiger partial charge in [-0.2, -0.15) is 12.8 Å². The van der Waals surface area contributed by atoms with Gasteiger partial charge in [-0.25, -0.2) is 0 Å². The minimum absolute atomic E-state index is 0. The van der Waals surface area contributed by atoms with Crippen molar-refractivity contribution in [2.24, 2.45) is 11.8 Å². The number of hydrogen-bond acceptors (Lipinski definition) is 0. The second kappa shape index (κ2) is 4.85. The van der Waals surface area contributed by atoms with Gasteiger partial charge in [0.05, 0.1) is 0 Å². The summed E-state index contributed by atoms with van der Waals surface area (Å²) < 4.78 is 0. The third kappa shape index (κ3) is 3.14. The molecule has 0 aromatic carbocycles. The molecule has 0 heterocycles. The molecular weight excluding hydrogens is 185 g/mol. The van der Waals surface area contributed by atoms with E-state index in [-0.39, 0.29) is 32.7 Å². The Labute approximate surface area is 83.7 Å². The second-order valence-corrected chi connectivity index (χ2v) is 3.11. The first-order valence-electron chi connectivity index (χ1n) is 3.62. The molecule has 1 saturated carbocycles. The van der Waals surface area contributed by atoms with E-state index in [0.717, 1.165) is 11.8 Å². The molecular formula is C8H15Y-. The average molecular weight is 200 g/mol. The first-order chi connectivity index (χ1) is 3.80. The Kier molecular flexibility index (Phi) is 5.44. The summed E-state index contributed by atoms with van der Waals surface area (Å²) in [5.41, 5.74) is 0. The van der Waals surface area contributed by atoms with Crippen LogP contribution in [0.25, 0.3) is 0 Å². The molecule has 0 aromatic rings. The molecule has 0 amide bonds. The van der Waals surface area contributed by atoms with Crippen LogP contribution in [0.3, 0.4) is 0 Å². The van der Waals surface area contributed by atoms with Crippen LogP contribution in [0.2, 0.25) is 0 Å². The van der Waals surface area contributed by atoms with E-state index >= 15 is 0 Å². The van der Waals surface area contributed by atoms with E-state index in [0.29, 0.717) is 0 Å². The van der Waals surface area contributed by atoms with Crippen molar-refractivity contribution in [2.45, 2.75) is 33.1 Å². The molecule has 1 aliphatic carbocycles. The van der Waals surface area contributed by atoms with Gasteiger partial charge in [0, 0.05) is 32.7 Å². The smallest absolute Gasteiger partial charge is 0 e. The van der Waals surface area contributed by atoms with Crippen LogP contribution in [-0.4, -0.2) is 0 Å². The molecule has 0 N–H and O–H groups in total. The molecule has 1 unspecified atom stereocenters. The van der Waals surface area contributed by atoms with Crippen LogP contribution >= 0.6 is 0 Å². The van der Waals surface area contributed by atoms with E-state index < -0.39 is 0 Å². The predicted octanol–water partition coefficient (Wildman–Crippen LogP) is 2.64. The quantitative estimate of drug-likeness (QED) is 0.571. The maximum Gasteiger partial charge on any atom is 0 e. The summed E-state index contributed by atoms with van der Waals surface area (Å²) in [4.78, 5) is 0. The van der Waals surface area contributed by atoms with Crippen molar-refractivity contribution in [3.63, 3.8) is 0 Å². The SMILES string of the molecule is CC(C)C1C[CH-]CC1.[Y]. The Morgan fingerprint density at radius 3 is 2.33 bits per heavy atom. The van der Waals surface area contributed by atoms with E-state index in [1.807, 2.05) is 0 Å². The molecule has 0 nitrogen and oxygen atoms in total. The Balaban J connectivity index is 0.000000640. The van der Waals surface area contributed by atoms with Crippen LogP contribution in [0.15, 0.2) is 0 Å². The van der Waals surface area contributed by atoms with Gasteiger partial charge in [0.25, 0.3) is 0 Å². The third-order valence-corrected chi connectivity index (χ3v) is 2.15. The zero-order chi connectivity index (χ0) is 5.98. The fraction of sp³-hybridized carbons (Fsp3) is 0.875. The molecule has 51 valence electrons. The molecule has 0 spiro atoms. The van der Waals surface area contributed by atoms with Gasteiger partial charge in [0.2, 0.25) is 0 Å². The molecule has 1 radical (unpaired) electrons. The zero-order valence-electron chi connectivity index (χ0n) is 6.43. The van der Waals surface area contributed by atoms with Crippen LogP contribution < -0.4 is 0 Å². The second-order valence-electron chi connectivity index (χ2n) is 3.11. The van der Waals surface area contributed by atoms with Gasteiger partial charge in [-0.05, 0) is 5.92 Å². The average Bonchev–Trinajstić information content (AvgIpc) is 2.12. The summed E-state index contributed by atoms with van der Waals surface area (Å²) in [5, 5.41) is 0. The van der Waals surface area contributed by atoms with Crippen molar-refractivity contribution in [2.75, 3.05) is 0 Å². The van der Waals surface area contributed by atoms with Crippen molar-refractivity contribution in [3.05, 3.63) is 6.42 Å². The van der Waals surface area contributed by atoms with Crippen LogP contribution in [-0.2, 0) is 32.7 Å². The molecule has 1 heteroatoms. The van der Waals surface area contributed by atoms with Crippen LogP contribution in [0.1, 0.15) is 33.1 Å². The van der Waals surface area contributed by atoms with Gasteiger partial charge in [-0.3, -0.25) is 0 Å². The van der Waals surface area contributed by atoms with Gasteiger partial charge in [0.1, 0.15) is 0 Å². The Morgan fingerprint density at radius 1 is 1.44 bits per heavy atom. The van der Waals surface area contributed by atoms with Crippen LogP contribution in [0.4, 0.5) is 0 Å². The van der Waals surface area contributed by atoms with E-state index in [1.54, 1.807) is 0 Å². The van der Waals surface area contributed by atoms with E-state index in [9.17, 15) is 0 Å².